The van der Waals surface area contributed by atoms with E-state index >= 15 is 0 Å². The van der Waals surface area contributed by atoms with Gasteiger partial charge in [0, 0.05) is 6.54 Å². The molecule has 0 atom stereocenters. The number of unbranched alkanes of at least 4 members (excludes halogenated alkanes) is 4. The summed E-state index contributed by atoms with van der Waals surface area (Å²) in [5, 5.41) is 0. The summed E-state index contributed by atoms with van der Waals surface area (Å²) in [4.78, 5) is 0. The van der Waals surface area contributed by atoms with Crippen LogP contribution >= 0.6 is 0 Å². The van der Waals surface area contributed by atoms with Crippen molar-refractivity contribution < 1.29 is 8.42 Å². The van der Waals surface area contributed by atoms with Crippen molar-refractivity contribution in [2.75, 3.05) is 12.3 Å². The fourth-order valence-electron chi connectivity index (χ4n) is 1.16. The highest BCUT2D eigenvalue weighted by atomic mass is 32.2. The van der Waals surface area contributed by atoms with Crippen LogP contribution in [0.5, 0.6) is 0 Å². The lowest BCUT2D eigenvalue weighted by Gasteiger charge is -2.03. The third kappa shape index (κ3) is 8.51. The molecular formula is C10H22NO2S. The first-order chi connectivity index (χ1) is 6.62. The van der Waals surface area contributed by atoms with E-state index in [0.717, 1.165) is 38.5 Å². The SMILES string of the molecule is CCCCC[N]S(=O)(=O)CCCCC. The molecule has 0 spiro atoms. The van der Waals surface area contributed by atoms with Gasteiger partial charge in [-0.15, -0.1) is 4.72 Å². The maximum Gasteiger partial charge on any atom is 0.227 e. The second kappa shape index (κ2) is 8.24. The summed E-state index contributed by atoms with van der Waals surface area (Å²) in [5.74, 6) is 0.229. The van der Waals surface area contributed by atoms with E-state index in [1.54, 1.807) is 0 Å². The highest BCUT2D eigenvalue weighted by Gasteiger charge is 2.09. The predicted molar refractivity (Wildman–Crippen MR) is 59.8 cm³/mol. The molecule has 0 bridgehead atoms. The van der Waals surface area contributed by atoms with Gasteiger partial charge in [-0.2, -0.15) is 0 Å². The molecule has 0 rings (SSSR count). The molecule has 0 aromatic rings. The van der Waals surface area contributed by atoms with Crippen LogP contribution < -0.4 is 4.72 Å². The highest BCUT2D eigenvalue weighted by molar-refractivity contribution is 7.89. The second-order valence-electron chi connectivity index (χ2n) is 3.55. The maximum absolute atomic E-state index is 11.3. The molecule has 0 amide bonds. The quantitative estimate of drug-likeness (QED) is 0.560. The van der Waals surface area contributed by atoms with Gasteiger partial charge in [0.05, 0.1) is 5.75 Å². The summed E-state index contributed by atoms with van der Waals surface area (Å²) in [6.07, 6.45) is 5.83. The predicted octanol–water partition coefficient (Wildman–Crippen LogP) is 2.30. The molecule has 0 aliphatic heterocycles. The molecule has 3 nitrogen and oxygen atoms in total. The summed E-state index contributed by atoms with van der Waals surface area (Å²) < 4.78 is 26.3. The molecule has 0 aliphatic carbocycles. The lowest BCUT2D eigenvalue weighted by Crippen LogP contribution is -2.20. The summed E-state index contributed by atoms with van der Waals surface area (Å²) in [6, 6.07) is 0. The molecule has 0 N–H and O–H groups in total. The molecule has 0 fully saturated rings. The Morgan fingerprint density at radius 3 is 2.07 bits per heavy atom. The van der Waals surface area contributed by atoms with Crippen LogP contribution in [0.2, 0.25) is 0 Å². The Labute approximate surface area is 88.3 Å². The van der Waals surface area contributed by atoms with Crippen molar-refractivity contribution in [3.05, 3.63) is 0 Å². The standard InChI is InChI=1S/C10H22NO2S/c1-3-5-7-9-11-14(12,13)10-8-6-4-2/h3-10H2,1-2H3. The molecule has 14 heavy (non-hydrogen) atoms. The monoisotopic (exact) mass is 220 g/mol. The molecule has 0 saturated carbocycles. The van der Waals surface area contributed by atoms with Crippen molar-refractivity contribution in [3.63, 3.8) is 0 Å². The van der Waals surface area contributed by atoms with Crippen molar-refractivity contribution in [3.8, 4) is 0 Å². The third-order valence-corrected chi connectivity index (χ3v) is 3.44. The van der Waals surface area contributed by atoms with Crippen LogP contribution in [-0.4, -0.2) is 20.7 Å². The molecule has 4 heteroatoms. The summed E-state index contributed by atoms with van der Waals surface area (Å²) in [5.41, 5.74) is 0. The zero-order valence-electron chi connectivity index (χ0n) is 9.33. The van der Waals surface area contributed by atoms with Crippen molar-refractivity contribution in [1.29, 1.82) is 0 Å². The fraction of sp³-hybridized carbons (Fsp3) is 1.00. The average Bonchev–Trinajstić information content (AvgIpc) is 2.13. The molecule has 0 aliphatic rings. The average molecular weight is 220 g/mol. The van der Waals surface area contributed by atoms with Crippen LogP contribution in [0.3, 0.4) is 0 Å². The largest absolute Gasteiger partial charge is 0.227 e. The minimum absolute atomic E-state index is 0.229. The smallest absolute Gasteiger partial charge is 0.211 e. The van der Waals surface area contributed by atoms with E-state index < -0.39 is 10.0 Å². The normalized spacial score (nSPS) is 11.9. The van der Waals surface area contributed by atoms with Crippen LogP contribution in [0.25, 0.3) is 0 Å². The van der Waals surface area contributed by atoms with Crippen LogP contribution in [0.4, 0.5) is 0 Å². The molecule has 0 aromatic heterocycles. The Hall–Kier alpha value is -0.0900. The Morgan fingerprint density at radius 2 is 1.50 bits per heavy atom. The molecule has 0 aromatic carbocycles. The zero-order chi connectivity index (χ0) is 10.9. The first-order valence-corrected chi connectivity index (χ1v) is 7.14. The number of nitrogens with zero attached hydrogens (tertiary/aromatic N) is 1. The fourth-order valence-corrected chi connectivity index (χ4v) is 2.27. The van der Waals surface area contributed by atoms with E-state index in [9.17, 15) is 8.42 Å². The first-order valence-electron chi connectivity index (χ1n) is 5.54. The van der Waals surface area contributed by atoms with Gasteiger partial charge < -0.3 is 0 Å². The number of sulfonamides is 1. The number of rotatable bonds is 9. The topological polar surface area (TPSA) is 48.2 Å². The summed E-state index contributed by atoms with van der Waals surface area (Å²) in [6.45, 7) is 4.63. The van der Waals surface area contributed by atoms with E-state index in [0.29, 0.717) is 6.54 Å². The van der Waals surface area contributed by atoms with Gasteiger partial charge >= 0.3 is 0 Å². The van der Waals surface area contributed by atoms with E-state index in [-0.39, 0.29) is 5.75 Å². The van der Waals surface area contributed by atoms with Crippen molar-refractivity contribution in [2.45, 2.75) is 52.4 Å². The minimum Gasteiger partial charge on any atom is -0.211 e. The van der Waals surface area contributed by atoms with Gasteiger partial charge in [-0.05, 0) is 12.8 Å². The minimum atomic E-state index is -3.11. The van der Waals surface area contributed by atoms with Crippen molar-refractivity contribution in [1.82, 2.24) is 4.72 Å². The Morgan fingerprint density at radius 1 is 0.929 bits per heavy atom. The number of hydrogen-bond donors (Lipinski definition) is 0. The van der Waals surface area contributed by atoms with Gasteiger partial charge in [0.1, 0.15) is 0 Å². The highest BCUT2D eigenvalue weighted by Crippen LogP contribution is 2.00. The van der Waals surface area contributed by atoms with Gasteiger partial charge in [-0.1, -0.05) is 39.5 Å². The summed E-state index contributed by atoms with van der Waals surface area (Å²) in [7, 11) is -3.11. The molecule has 0 heterocycles. The van der Waals surface area contributed by atoms with Gasteiger partial charge in [-0.3, -0.25) is 0 Å². The Bertz CT molecular complexity index is 212. The molecule has 0 saturated heterocycles. The Balaban J connectivity index is 3.52. The first kappa shape index (κ1) is 13.9. The lowest BCUT2D eigenvalue weighted by molar-refractivity contribution is 0.569. The van der Waals surface area contributed by atoms with Gasteiger partial charge in [0.2, 0.25) is 10.0 Å². The second-order valence-corrected chi connectivity index (χ2v) is 5.38. The summed E-state index contributed by atoms with van der Waals surface area (Å²) >= 11 is 0. The molecule has 85 valence electrons. The van der Waals surface area contributed by atoms with Gasteiger partial charge in [0.25, 0.3) is 0 Å². The number of hydrogen-bond acceptors (Lipinski definition) is 2. The van der Waals surface area contributed by atoms with Gasteiger partial charge in [0.15, 0.2) is 0 Å². The van der Waals surface area contributed by atoms with E-state index in [4.69, 9.17) is 0 Å². The third-order valence-electron chi connectivity index (χ3n) is 2.06. The van der Waals surface area contributed by atoms with Crippen LogP contribution in [0.1, 0.15) is 52.4 Å². The van der Waals surface area contributed by atoms with Crippen molar-refractivity contribution >= 4 is 10.0 Å². The molecular weight excluding hydrogens is 198 g/mol. The lowest BCUT2D eigenvalue weighted by atomic mass is 10.3. The zero-order valence-corrected chi connectivity index (χ0v) is 10.1. The van der Waals surface area contributed by atoms with E-state index in [2.05, 4.69) is 18.6 Å². The maximum atomic E-state index is 11.3. The Kier molecular flexibility index (Phi) is 8.18. The molecule has 0 unspecified atom stereocenters. The van der Waals surface area contributed by atoms with E-state index in [1.807, 2.05) is 0 Å². The van der Waals surface area contributed by atoms with Crippen molar-refractivity contribution in [2.24, 2.45) is 0 Å². The van der Waals surface area contributed by atoms with Crippen LogP contribution in [-0.2, 0) is 10.0 Å². The van der Waals surface area contributed by atoms with Crippen LogP contribution in [0.15, 0.2) is 0 Å². The van der Waals surface area contributed by atoms with E-state index in [1.165, 1.54) is 0 Å². The molecule has 1 radical (unpaired) electrons. The van der Waals surface area contributed by atoms with Gasteiger partial charge in [-0.25, -0.2) is 8.42 Å². The van der Waals surface area contributed by atoms with Crippen LogP contribution in [0, 0.1) is 0 Å².